The molecule has 1 amide bonds. The van der Waals surface area contributed by atoms with Crippen molar-refractivity contribution in [1.82, 2.24) is 9.88 Å². The molecule has 1 aliphatic rings. The number of carbonyl (C=O) groups is 1. The van der Waals surface area contributed by atoms with Crippen molar-refractivity contribution < 1.29 is 4.79 Å². The van der Waals surface area contributed by atoms with Gasteiger partial charge >= 0.3 is 0 Å². The molecule has 0 saturated carbocycles. The Morgan fingerprint density at radius 1 is 1.28 bits per heavy atom. The number of aromatic nitrogens is 1. The number of rotatable bonds is 4. The molecule has 1 atom stereocenters. The maximum Gasteiger partial charge on any atom is 0.257 e. The molecule has 1 aliphatic heterocycles. The first kappa shape index (κ1) is 17.4. The third-order valence-electron chi connectivity index (χ3n) is 4.91. The molecule has 1 unspecified atom stereocenters. The van der Waals surface area contributed by atoms with E-state index < -0.39 is 0 Å². The molecule has 0 bridgehead atoms. The van der Waals surface area contributed by atoms with Gasteiger partial charge in [0.1, 0.15) is 0 Å². The zero-order valence-electron chi connectivity index (χ0n) is 14.8. The van der Waals surface area contributed by atoms with Crippen molar-refractivity contribution in [1.29, 1.82) is 0 Å². The fourth-order valence-corrected chi connectivity index (χ4v) is 3.34. The predicted octanol–water partition coefficient (Wildman–Crippen LogP) is 3.31. The predicted molar refractivity (Wildman–Crippen MR) is 99.9 cm³/mol. The Kier molecular flexibility index (Phi) is 5.34. The summed E-state index contributed by atoms with van der Waals surface area (Å²) in [4.78, 5) is 28.7. The molecule has 132 valence electrons. The Morgan fingerprint density at radius 3 is 2.72 bits per heavy atom. The van der Waals surface area contributed by atoms with Crippen LogP contribution in [0.25, 0.3) is 0 Å². The van der Waals surface area contributed by atoms with Crippen LogP contribution in [-0.2, 0) is 6.54 Å². The van der Waals surface area contributed by atoms with Crippen LogP contribution in [0.15, 0.2) is 41.3 Å². The lowest BCUT2D eigenvalue weighted by molar-refractivity contribution is 0.102. The van der Waals surface area contributed by atoms with E-state index in [0.29, 0.717) is 17.2 Å². The van der Waals surface area contributed by atoms with Gasteiger partial charge in [-0.1, -0.05) is 18.6 Å². The highest BCUT2D eigenvalue weighted by atomic mass is 16.1. The van der Waals surface area contributed by atoms with E-state index in [1.807, 2.05) is 12.1 Å². The summed E-state index contributed by atoms with van der Waals surface area (Å²) >= 11 is 0. The molecule has 1 fully saturated rings. The van der Waals surface area contributed by atoms with Crippen LogP contribution in [-0.4, -0.2) is 28.4 Å². The minimum Gasteiger partial charge on any atom is -0.328 e. The van der Waals surface area contributed by atoms with Crippen molar-refractivity contribution in [2.45, 2.75) is 45.7 Å². The van der Waals surface area contributed by atoms with Crippen LogP contribution in [0, 0.1) is 6.92 Å². The molecule has 0 spiro atoms. The maximum absolute atomic E-state index is 12.3. The van der Waals surface area contributed by atoms with E-state index in [1.165, 1.54) is 37.1 Å². The number of aromatic amines is 1. The van der Waals surface area contributed by atoms with Gasteiger partial charge in [-0.25, -0.2) is 0 Å². The molecular formula is C20H25N3O2. The van der Waals surface area contributed by atoms with Crippen LogP contribution in [0.1, 0.15) is 47.7 Å². The Labute approximate surface area is 148 Å². The van der Waals surface area contributed by atoms with Crippen LogP contribution in [0.5, 0.6) is 0 Å². The van der Waals surface area contributed by atoms with Gasteiger partial charge < -0.3 is 10.3 Å². The molecule has 5 heteroatoms. The molecule has 2 aromatic rings. The minimum atomic E-state index is -0.217. The molecule has 3 rings (SSSR count). The van der Waals surface area contributed by atoms with E-state index in [9.17, 15) is 9.59 Å². The molecule has 5 nitrogen and oxygen atoms in total. The first-order valence-electron chi connectivity index (χ1n) is 8.86. The summed E-state index contributed by atoms with van der Waals surface area (Å²) in [5.74, 6) is -0.217. The molecule has 0 aliphatic carbocycles. The van der Waals surface area contributed by atoms with E-state index in [4.69, 9.17) is 0 Å². The number of pyridine rings is 1. The lowest BCUT2D eigenvalue weighted by Crippen LogP contribution is -2.36. The highest BCUT2D eigenvalue weighted by Crippen LogP contribution is 2.20. The molecule has 25 heavy (non-hydrogen) atoms. The van der Waals surface area contributed by atoms with Gasteiger partial charge in [-0.2, -0.15) is 0 Å². The van der Waals surface area contributed by atoms with E-state index in [0.717, 1.165) is 18.8 Å². The molecule has 2 heterocycles. The number of hydrogen-bond acceptors (Lipinski definition) is 3. The van der Waals surface area contributed by atoms with Gasteiger partial charge in [0.25, 0.3) is 5.91 Å². The first-order chi connectivity index (χ1) is 12.0. The van der Waals surface area contributed by atoms with Crippen LogP contribution in [0.4, 0.5) is 5.69 Å². The van der Waals surface area contributed by atoms with E-state index in [2.05, 4.69) is 34.3 Å². The average molecular weight is 339 g/mol. The standard InChI is InChI=1S/C20H25N3O2/c1-14-11-19(24)21-12-18(14)20(25)22-17-8-6-16(7-9-17)13-23-10-4-3-5-15(23)2/h6-9,11-12,15H,3-5,10,13H2,1-2H3,(H,21,24)(H,22,25). The zero-order chi connectivity index (χ0) is 17.8. The second-order valence-electron chi connectivity index (χ2n) is 6.86. The molecular weight excluding hydrogens is 314 g/mol. The van der Waals surface area contributed by atoms with Crippen molar-refractivity contribution in [2.24, 2.45) is 0 Å². The monoisotopic (exact) mass is 339 g/mol. The quantitative estimate of drug-likeness (QED) is 0.898. The number of amides is 1. The third kappa shape index (κ3) is 4.37. The molecule has 0 radical (unpaired) electrons. The number of hydrogen-bond donors (Lipinski definition) is 2. The van der Waals surface area contributed by atoms with Gasteiger partial charge in [0.2, 0.25) is 5.56 Å². The summed E-state index contributed by atoms with van der Waals surface area (Å²) in [6.45, 7) is 6.16. The van der Waals surface area contributed by atoms with Crippen molar-refractivity contribution in [3.8, 4) is 0 Å². The number of likely N-dealkylation sites (tertiary alicyclic amines) is 1. The van der Waals surface area contributed by atoms with Gasteiger partial charge in [0.05, 0.1) is 5.56 Å². The van der Waals surface area contributed by atoms with E-state index >= 15 is 0 Å². The van der Waals surface area contributed by atoms with Crippen molar-refractivity contribution >= 4 is 11.6 Å². The summed E-state index contributed by atoms with van der Waals surface area (Å²) in [5, 5.41) is 2.88. The summed E-state index contributed by atoms with van der Waals surface area (Å²) in [7, 11) is 0. The molecule has 1 aromatic heterocycles. The third-order valence-corrected chi connectivity index (χ3v) is 4.91. The maximum atomic E-state index is 12.3. The minimum absolute atomic E-state index is 0.203. The summed E-state index contributed by atoms with van der Waals surface area (Å²) in [5.41, 5.74) is 2.95. The topological polar surface area (TPSA) is 65.2 Å². The number of carbonyl (C=O) groups excluding carboxylic acids is 1. The number of H-pyrrole nitrogens is 1. The summed E-state index contributed by atoms with van der Waals surface area (Å²) in [6, 6.07) is 10.1. The number of nitrogens with one attached hydrogen (secondary N) is 2. The van der Waals surface area contributed by atoms with Crippen molar-refractivity contribution in [3.63, 3.8) is 0 Å². The Morgan fingerprint density at radius 2 is 2.04 bits per heavy atom. The van der Waals surface area contributed by atoms with Crippen molar-refractivity contribution in [2.75, 3.05) is 11.9 Å². The number of benzene rings is 1. The van der Waals surface area contributed by atoms with Gasteiger partial charge in [0.15, 0.2) is 0 Å². The number of anilines is 1. The fourth-order valence-electron chi connectivity index (χ4n) is 3.34. The molecule has 1 aromatic carbocycles. The smallest absolute Gasteiger partial charge is 0.257 e. The number of aryl methyl sites for hydroxylation is 1. The summed E-state index contributed by atoms with van der Waals surface area (Å²) in [6.07, 6.45) is 5.33. The highest BCUT2D eigenvalue weighted by Gasteiger charge is 2.18. The number of piperidine rings is 1. The van der Waals surface area contributed by atoms with Crippen LogP contribution >= 0.6 is 0 Å². The van der Waals surface area contributed by atoms with Gasteiger partial charge in [-0.05, 0) is 56.5 Å². The molecule has 2 N–H and O–H groups in total. The molecule has 1 saturated heterocycles. The largest absolute Gasteiger partial charge is 0.328 e. The lowest BCUT2D eigenvalue weighted by Gasteiger charge is -2.33. The van der Waals surface area contributed by atoms with Crippen molar-refractivity contribution in [3.05, 3.63) is 63.6 Å². The highest BCUT2D eigenvalue weighted by molar-refractivity contribution is 6.05. The Bertz CT molecular complexity index is 795. The lowest BCUT2D eigenvalue weighted by atomic mass is 10.0. The summed E-state index contributed by atoms with van der Waals surface area (Å²) < 4.78 is 0. The van der Waals surface area contributed by atoms with Crippen LogP contribution in [0.3, 0.4) is 0 Å². The Hall–Kier alpha value is -2.40. The normalized spacial score (nSPS) is 18.1. The number of nitrogens with zero attached hydrogens (tertiary/aromatic N) is 1. The second-order valence-corrected chi connectivity index (χ2v) is 6.86. The van der Waals surface area contributed by atoms with Gasteiger partial charge in [-0.15, -0.1) is 0 Å². The first-order valence-corrected chi connectivity index (χ1v) is 8.86. The SMILES string of the molecule is Cc1cc(=O)[nH]cc1C(=O)Nc1ccc(CN2CCCCC2C)cc1. The average Bonchev–Trinajstić information content (AvgIpc) is 2.58. The second kappa shape index (κ2) is 7.66. The fraction of sp³-hybridized carbons (Fsp3) is 0.400. The van der Waals surface area contributed by atoms with E-state index in [-0.39, 0.29) is 11.5 Å². The van der Waals surface area contributed by atoms with Crippen LogP contribution < -0.4 is 10.9 Å². The van der Waals surface area contributed by atoms with Crippen LogP contribution in [0.2, 0.25) is 0 Å². The van der Waals surface area contributed by atoms with Gasteiger partial charge in [-0.3, -0.25) is 14.5 Å². The zero-order valence-corrected chi connectivity index (χ0v) is 14.8. The Balaban J connectivity index is 1.64. The van der Waals surface area contributed by atoms with E-state index in [1.54, 1.807) is 6.92 Å². The van der Waals surface area contributed by atoms with Gasteiger partial charge in [0, 0.05) is 30.5 Å².